The lowest BCUT2D eigenvalue weighted by Gasteiger charge is -2.31. The summed E-state index contributed by atoms with van der Waals surface area (Å²) >= 11 is 0. The van der Waals surface area contributed by atoms with Gasteiger partial charge in [-0.15, -0.1) is 0 Å². The summed E-state index contributed by atoms with van der Waals surface area (Å²) < 4.78 is 0. The number of hydrazine groups is 1. The van der Waals surface area contributed by atoms with Gasteiger partial charge in [-0.2, -0.15) is 0 Å². The van der Waals surface area contributed by atoms with E-state index in [1.54, 1.807) is 0 Å². The summed E-state index contributed by atoms with van der Waals surface area (Å²) in [7, 11) is 0. The van der Waals surface area contributed by atoms with Crippen LogP contribution in [0.3, 0.4) is 0 Å². The summed E-state index contributed by atoms with van der Waals surface area (Å²) in [5.74, 6) is 5.82. The van der Waals surface area contributed by atoms with Gasteiger partial charge in [0.05, 0.1) is 0 Å². The highest BCUT2D eigenvalue weighted by molar-refractivity contribution is 4.70. The van der Waals surface area contributed by atoms with E-state index < -0.39 is 0 Å². The van der Waals surface area contributed by atoms with Gasteiger partial charge in [0.1, 0.15) is 0 Å². The highest BCUT2D eigenvalue weighted by Gasteiger charge is 2.16. The molecule has 2 nitrogen and oxygen atoms in total. The van der Waals surface area contributed by atoms with Crippen LogP contribution in [-0.4, -0.2) is 17.1 Å². The van der Waals surface area contributed by atoms with Crippen LogP contribution >= 0.6 is 0 Å². The van der Waals surface area contributed by atoms with Gasteiger partial charge < -0.3 is 0 Å². The highest BCUT2D eigenvalue weighted by atomic mass is 15.4. The van der Waals surface area contributed by atoms with Crippen LogP contribution in [0.15, 0.2) is 0 Å². The van der Waals surface area contributed by atoms with Crippen molar-refractivity contribution in [2.45, 2.75) is 52.5 Å². The minimum Gasteiger partial charge on any atom is -0.268 e. The van der Waals surface area contributed by atoms with Crippen molar-refractivity contribution in [2.24, 2.45) is 5.84 Å². The molecule has 0 aromatic rings. The summed E-state index contributed by atoms with van der Waals surface area (Å²) in [4.78, 5) is 0. The van der Waals surface area contributed by atoms with Gasteiger partial charge in [0.25, 0.3) is 0 Å². The molecule has 0 radical (unpaired) electrons. The smallest absolute Gasteiger partial charge is 0.0267 e. The molecule has 2 heteroatoms. The number of unbranched alkanes of at least 4 members (excludes halogenated alkanes) is 2. The topological polar surface area (TPSA) is 29.3 Å². The van der Waals surface area contributed by atoms with E-state index >= 15 is 0 Å². The van der Waals surface area contributed by atoms with Gasteiger partial charge in [-0.3, -0.25) is 5.84 Å². The van der Waals surface area contributed by atoms with Crippen LogP contribution in [0.4, 0.5) is 0 Å². The maximum Gasteiger partial charge on any atom is 0.0267 e. The summed E-state index contributed by atoms with van der Waals surface area (Å²) in [5, 5.41) is 1.92. The van der Waals surface area contributed by atoms with Crippen LogP contribution in [0.5, 0.6) is 0 Å². The van der Waals surface area contributed by atoms with Crippen LogP contribution in [0.25, 0.3) is 0 Å². The lowest BCUT2D eigenvalue weighted by atomic mass is 10.1. The van der Waals surface area contributed by atoms with Gasteiger partial charge in [-0.1, -0.05) is 19.8 Å². The number of nitrogens with two attached hydrogens (primary N) is 1. The zero-order valence-electron chi connectivity index (χ0n) is 8.35. The van der Waals surface area contributed by atoms with Crippen molar-refractivity contribution in [3.05, 3.63) is 0 Å². The maximum atomic E-state index is 5.82. The Hall–Kier alpha value is -0.0800. The Morgan fingerprint density at radius 1 is 1.18 bits per heavy atom. The first-order valence-corrected chi connectivity index (χ1v) is 4.51. The van der Waals surface area contributed by atoms with Crippen molar-refractivity contribution < 1.29 is 0 Å². The molecule has 2 N–H and O–H groups in total. The van der Waals surface area contributed by atoms with Gasteiger partial charge in [0.15, 0.2) is 0 Å². The van der Waals surface area contributed by atoms with E-state index in [2.05, 4.69) is 27.7 Å². The van der Waals surface area contributed by atoms with Gasteiger partial charge >= 0.3 is 0 Å². The third kappa shape index (κ3) is 5.22. The average molecular weight is 158 g/mol. The van der Waals surface area contributed by atoms with Crippen molar-refractivity contribution >= 4 is 0 Å². The molecular formula is C9H22N2. The Labute approximate surface area is 70.7 Å². The second-order valence-electron chi connectivity index (χ2n) is 4.07. The molecule has 0 amide bonds. The standard InChI is InChI=1S/C9H22N2/c1-5-6-7-8-11(10)9(2,3)4/h5-8,10H2,1-4H3. The molecule has 0 spiro atoms. The molecule has 0 aliphatic rings. The third-order valence-corrected chi connectivity index (χ3v) is 1.86. The average Bonchev–Trinajstić information content (AvgIpc) is 1.86. The molecule has 0 unspecified atom stereocenters. The Morgan fingerprint density at radius 2 is 1.73 bits per heavy atom. The van der Waals surface area contributed by atoms with Crippen molar-refractivity contribution in [3.8, 4) is 0 Å². The summed E-state index contributed by atoms with van der Waals surface area (Å²) in [6.07, 6.45) is 3.76. The van der Waals surface area contributed by atoms with Crippen LogP contribution in [0.1, 0.15) is 47.0 Å². The van der Waals surface area contributed by atoms with E-state index in [-0.39, 0.29) is 5.54 Å². The van der Waals surface area contributed by atoms with Crippen molar-refractivity contribution in [2.75, 3.05) is 6.54 Å². The van der Waals surface area contributed by atoms with E-state index in [4.69, 9.17) is 5.84 Å². The summed E-state index contributed by atoms with van der Waals surface area (Å²) in [5.41, 5.74) is 0.119. The summed E-state index contributed by atoms with van der Waals surface area (Å²) in [6.45, 7) is 9.63. The van der Waals surface area contributed by atoms with E-state index in [1.807, 2.05) is 5.01 Å². The molecule has 0 fully saturated rings. The molecule has 11 heavy (non-hydrogen) atoms. The molecule has 0 saturated heterocycles. The van der Waals surface area contributed by atoms with Gasteiger partial charge in [-0.25, -0.2) is 5.01 Å². The minimum atomic E-state index is 0.119. The molecule has 0 rings (SSSR count). The van der Waals surface area contributed by atoms with E-state index in [9.17, 15) is 0 Å². The first-order valence-electron chi connectivity index (χ1n) is 4.51. The lowest BCUT2D eigenvalue weighted by Crippen LogP contribution is -2.46. The molecule has 0 aliphatic heterocycles. The fraction of sp³-hybridized carbons (Fsp3) is 1.00. The molecule has 0 bridgehead atoms. The number of hydrogen-bond donors (Lipinski definition) is 1. The van der Waals surface area contributed by atoms with E-state index in [0.29, 0.717) is 0 Å². The third-order valence-electron chi connectivity index (χ3n) is 1.86. The van der Waals surface area contributed by atoms with Crippen molar-refractivity contribution in [1.82, 2.24) is 5.01 Å². The minimum absolute atomic E-state index is 0.119. The fourth-order valence-electron chi connectivity index (χ4n) is 0.868. The lowest BCUT2D eigenvalue weighted by molar-refractivity contribution is 0.136. The van der Waals surface area contributed by atoms with E-state index in [1.165, 1.54) is 19.3 Å². The molecular weight excluding hydrogens is 136 g/mol. The van der Waals surface area contributed by atoms with Gasteiger partial charge in [0, 0.05) is 12.1 Å². The van der Waals surface area contributed by atoms with Gasteiger partial charge in [-0.05, 0) is 27.2 Å². The Bertz CT molecular complexity index is 94.2. The Balaban J connectivity index is 3.44. The molecule has 0 aliphatic carbocycles. The first-order chi connectivity index (χ1) is 4.98. The first kappa shape index (κ1) is 10.9. The Kier molecular flexibility index (Phi) is 4.69. The monoisotopic (exact) mass is 158 g/mol. The second kappa shape index (κ2) is 4.73. The fourth-order valence-corrected chi connectivity index (χ4v) is 0.868. The van der Waals surface area contributed by atoms with Crippen LogP contribution < -0.4 is 5.84 Å². The number of nitrogens with zero attached hydrogens (tertiary/aromatic N) is 1. The zero-order chi connectivity index (χ0) is 8.91. The largest absolute Gasteiger partial charge is 0.268 e. The molecule has 0 saturated carbocycles. The Morgan fingerprint density at radius 3 is 2.09 bits per heavy atom. The highest BCUT2D eigenvalue weighted by Crippen LogP contribution is 2.09. The molecule has 0 aromatic heterocycles. The van der Waals surface area contributed by atoms with Crippen molar-refractivity contribution in [3.63, 3.8) is 0 Å². The van der Waals surface area contributed by atoms with Crippen LogP contribution in [-0.2, 0) is 0 Å². The second-order valence-corrected chi connectivity index (χ2v) is 4.07. The molecule has 0 atom stereocenters. The van der Waals surface area contributed by atoms with Crippen LogP contribution in [0.2, 0.25) is 0 Å². The van der Waals surface area contributed by atoms with Gasteiger partial charge in [0.2, 0.25) is 0 Å². The molecule has 68 valence electrons. The van der Waals surface area contributed by atoms with Crippen LogP contribution in [0, 0.1) is 0 Å². The quantitative estimate of drug-likeness (QED) is 0.386. The van der Waals surface area contributed by atoms with Crippen molar-refractivity contribution in [1.29, 1.82) is 0 Å². The SMILES string of the molecule is CCCCCN(N)C(C)(C)C. The normalized spacial score (nSPS) is 12.5. The maximum absolute atomic E-state index is 5.82. The molecule has 0 aromatic carbocycles. The molecule has 0 heterocycles. The summed E-state index contributed by atoms with van der Waals surface area (Å²) in [6, 6.07) is 0. The number of hydrogen-bond acceptors (Lipinski definition) is 2. The van der Waals surface area contributed by atoms with E-state index in [0.717, 1.165) is 6.54 Å². The predicted molar refractivity (Wildman–Crippen MR) is 50.2 cm³/mol. The number of rotatable bonds is 4. The predicted octanol–water partition coefficient (Wildman–Crippen LogP) is 2.15. The zero-order valence-corrected chi connectivity index (χ0v) is 8.35.